The molecule has 1 aromatic carbocycles. The van der Waals surface area contributed by atoms with Gasteiger partial charge in [-0.15, -0.1) is 0 Å². The van der Waals surface area contributed by atoms with Gasteiger partial charge in [-0.2, -0.15) is 0 Å². The summed E-state index contributed by atoms with van der Waals surface area (Å²) in [6, 6.07) is 3.41. The number of ether oxygens (including phenoxy) is 1. The summed E-state index contributed by atoms with van der Waals surface area (Å²) in [6.07, 6.45) is -1.04. The molecular formula is C18H22ClN3O6. The second-order valence-corrected chi connectivity index (χ2v) is 7.76. The van der Waals surface area contributed by atoms with Gasteiger partial charge in [0.05, 0.1) is 22.3 Å². The number of amides is 3. The minimum absolute atomic E-state index is 0.130. The molecule has 1 saturated heterocycles. The van der Waals surface area contributed by atoms with Crippen LogP contribution in [0, 0.1) is 5.92 Å². The van der Waals surface area contributed by atoms with E-state index in [1.807, 2.05) is 0 Å². The number of carbonyl (C=O) groups is 4. The second kappa shape index (κ2) is 8.05. The highest BCUT2D eigenvalue weighted by molar-refractivity contribution is 6.34. The summed E-state index contributed by atoms with van der Waals surface area (Å²) in [4.78, 5) is 49.1. The molecule has 152 valence electrons. The lowest BCUT2D eigenvalue weighted by Crippen LogP contribution is -2.47. The normalized spacial score (nSPS) is 19.0. The van der Waals surface area contributed by atoms with Gasteiger partial charge < -0.3 is 20.1 Å². The van der Waals surface area contributed by atoms with Crippen molar-refractivity contribution in [1.82, 2.24) is 5.32 Å². The molecule has 9 nitrogen and oxygen atoms in total. The number of likely N-dealkylation sites (N-methyl/N-ethyl adjacent to an activating group) is 1. The van der Waals surface area contributed by atoms with Crippen LogP contribution in [0.1, 0.15) is 27.2 Å². The van der Waals surface area contributed by atoms with Crippen LogP contribution in [-0.4, -0.2) is 47.7 Å². The molecule has 3 amide bonds. The number of rotatable bonds is 4. The summed E-state index contributed by atoms with van der Waals surface area (Å²) in [5, 5.41) is 14.3. The van der Waals surface area contributed by atoms with Gasteiger partial charge in [-0.1, -0.05) is 17.7 Å². The van der Waals surface area contributed by atoms with E-state index < -0.39 is 41.4 Å². The molecule has 3 N–H and O–H groups in total. The minimum atomic E-state index is -1.25. The van der Waals surface area contributed by atoms with Gasteiger partial charge in [0.1, 0.15) is 11.6 Å². The summed E-state index contributed by atoms with van der Waals surface area (Å²) in [6.45, 7) is 5.10. The number of hydrogen-bond donors (Lipinski definition) is 3. The third-order valence-electron chi connectivity index (χ3n) is 4.02. The maximum atomic E-state index is 12.8. The Balaban J connectivity index is 2.30. The summed E-state index contributed by atoms with van der Waals surface area (Å²) >= 11 is 6.18. The van der Waals surface area contributed by atoms with Crippen LogP contribution in [0.5, 0.6) is 0 Å². The Hall–Kier alpha value is -2.81. The molecule has 0 spiro atoms. The van der Waals surface area contributed by atoms with E-state index in [0.29, 0.717) is 0 Å². The smallest absolute Gasteiger partial charge is 0.412 e. The SMILES string of the molecule is CN(C(=O)C1NC(=O)CC1C(=O)O)c1cccc(Cl)c1NC(=O)OC(C)(C)C. The summed E-state index contributed by atoms with van der Waals surface area (Å²) in [5.41, 5.74) is -0.380. The van der Waals surface area contributed by atoms with E-state index >= 15 is 0 Å². The van der Waals surface area contributed by atoms with Crippen molar-refractivity contribution >= 4 is 46.9 Å². The number of carboxylic acids is 1. The summed E-state index contributed by atoms with van der Waals surface area (Å²) < 4.78 is 5.21. The van der Waals surface area contributed by atoms with Crippen molar-refractivity contribution in [3.05, 3.63) is 23.2 Å². The number of halogens is 1. The zero-order valence-electron chi connectivity index (χ0n) is 15.9. The van der Waals surface area contributed by atoms with Gasteiger partial charge in [0.15, 0.2) is 0 Å². The van der Waals surface area contributed by atoms with Crippen molar-refractivity contribution < 1.29 is 29.0 Å². The molecule has 1 aromatic rings. The Morgan fingerprint density at radius 2 is 1.96 bits per heavy atom. The number of para-hydroxylation sites is 1. The van der Waals surface area contributed by atoms with E-state index in [1.54, 1.807) is 26.8 Å². The van der Waals surface area contributed by atoms with Crippen molar-refractivity contribution in [2.24, 2.45) is 5.92 Å². The molecular weight excluding hydrogens is 390 g/mol. The number of aliphatic carboxylic acids is 1. The zero-order chi connectivity index (χ0) is 21.2. The van der Waals surface area contributed by atoms with E-state index in [2.05, 4.69) is 10.6 Å². The minimum Gasteiger partial charge on any atom is -0.481 e. The quantitative estimate of drug-likeness (QED) is 0.697. The Labute approximate surface area is 167 Å². The topological polar surface area (TPSA) is 125 Å². The molecule has 1 fully saturated rings. The average molecular weight is 412 g/mol. The molecule has 2 unspecified atom stereocenters. The summed E-state index contributed by atoms with van der Waals surface area (Å²) in [5.74, 6) is -3.59. The number of hydrogen-bond acceptors (Lipinski definition) is 5. The first-order chi connectivity index (χ1) is 12.9. The maximum absolute atomic E-state index is 12.8. The first-order valence-corrected chi connectivity index (χ1v) is 8.86. The molecule has 0 radical (unpaired) electrons. The third kappa shape index (κ3) is 4.92. The van der Waals surface area contributed by atoms with Crippen LogP contribution in [0.15, 0.2) is 18.2 Å². The van der Waals surface area contributed by atoms with Crippen LogP contribution in [0.3, 0.4) is 0 Å². The summed E-state index contributed by atoms with van der Waals surface area (Å²) in [7, 11) is 1.40. The molecule has 1 aliphatic rings. The van der Waals surface area contributed by atoms with Crippen LogP contribution in [0.25, 0.3) is 0 Å². The van der Waals surface area contributed by atoms with Crippen molar-refractivity contribution in [2.75, 3.05) is 17.3 Å². The van der Waals surface area contributed by atoms with Crippen molar-refractivity contribution in [3.8, 4) is 0 Å². The molecule has 0 aliphatic carbocycles. The van der Waals surface area contributed by atoms with Gasteiger partial charge >= 0.3 is 12.1 Å². The molecule has 1 aliphatic heterocycles. The monoisotopic (exact) mass is 411 g/mol. The van der Waals surface area contributed by atoms with Crippen LogP contribution >= 0.6 is 11.6 Å². The number of carboxylic acid groups (broad SMARTS) is 1. The lowest BCUT2D eigenvalue weighted by molar-refractivity contribution is -0.144. The van der Waals surface area contributed by atoms with E-state index in [1.165, 1.54) is 19.2 Å². The molecule has 1 heterocycles. The average Bonchev–Trinajstić information content (AvgIpc) is 2.96. The van der Waals surface area contributed by atoms with E-state index in [9.17, 15) is 24.3 Å². The van der Waals surface area contributed by atoms with E-state index in [0.717, 1.165) is 4.90 Å². The number of nitrogens with zero attached hydrogens (tertiary/aromatic N) is 1. The van der Waals surface area contributed by atoms with E-state index in [4.69, 9.17) is 16.3 Å². The molecule has 2 atom stereocenters. The van der Waals surface area contributed by atoms with E-state index in [-0.39, 0.29) is 22.8 Å². The fourth-order valence-corrected chi connectivity index (χ4v) is 2.98. The third-order valence-corrected chi connectivity index (χ3v) is 4.33. The van der Waals surface area contributed by atoms with Crippen molar-refractivity contribution in [2.45, 2.75) is 38.8 Å². The van der Waals surface area contributed by atoms with Crippen LogP contribution in [0.4, 0.5) is 16.2 Å². The molecule has 0 bridgehead atoms. The number of carbonyl (C=O) groups excluding carboxylic acids is 3. The van der Waals surface area contributed by atoms with Gasteiger partial charge in [0.2, 0.25) is 11.8 Å². The molecule has 10 heteroatoms. The largest absolute Gasteiger partial charge is 0.481 e. The van der Waals surface area contributed by atoms with Gasteiger partial charge in [-0.25, -0.2) is 4.79 Å². The Morgan fingerprint density at radius 1 is 1.32 bits per heavy atom. The Kier molecular flexibility index (Phi) is 6.18. The van der Waals surface area contributed by atoms with Crippen LogP contribution < -0.4 is 15.5 Å². The van der Waals surface area contributed by atoms with Crippen LogP contribution in [-0.2, 0) is 19.1 Å². The van der Waals surface area contributed by atoms with Crippen LogP contribution in [0.2, 0.25) is 5.02 Å². The van der Waals surface area contributed by atoms with Gasteiger partial charge in [0.25, 0.3) is 0 Å². The fourth-order valence-electron chi connectivity index (χ4n) is 2.76. The lowest BCUT2D eigenvalue weighted by Gasteiger charge is -2.26. The first-order valence-electron chi connectivity index (χ1n) is 8.49. The lowest BCUT2D eigenvalue weighted by atomic mass is 9.99. The molecule has 2 rings (SSSR count). The van der Waals surface area contributed by atoms with Gasteiger partial charge in [-0.05, 0) is 32.9 Å². The maximum Gasteiger partial charge on any atom is 0.412 e. The Morgan fingerprint density at radius 3 is 2.54 bits per heavy atom. The molecule has 0 aromatic heterocycles. The highest BCUT2D eigenvalue weighted by Gasteiger charge is 2.43. The Bertz CT molecular complexity index is 820. The number of nitrogens with one attached hydrogen (secondary N) is 2. The highest BCUT2D eigenvalue weighted by atomic mass is 35.5. The second-order valence-electron chi connectivity index (χ2n) is 7.35. The predicted octanol–water partition coefficient (Wildman–Crippen LogP) is 2.24. The number of anilines is 2. The van der Waals surface area contributed by atoms with Crippen molar-refractivity contribution in [3.63, 3.8) is 0 Å². The first kappa shape index (κ1) is 21.5. The zero-order valence-corrected chi connectivity index (χ0v) is 16.7. The molecule has 0 saturated carbocycles. The van der Waals surface area contributed by atoms with Gasteiger partial charge in [-0.3, -0.25) is 19.7 Å². The highest BCUT2D eigenvalue weighted by Crippen LogP contribution is 2.34. The standard InChI is InChI=1S/C18H22ClN3O6/c1-18(2,3)28-17(27)21-14-10(19)6-5-7-11(14)22(4)15(24)13-9(16(25)26)8-12(23)20-13/h5-7,9,13H,8H2,1-4H3,(H,20,23)(H,21,27)(H,25,26). The van der Waals surface area contributed by atoms with Crippen molar-refractivity contribution in [1.29, 1.82) is 0 Å². The predicted molar refractivity (Wildman–Crippen MR) is 102 cm³/mol. The number of benzene rings is 1. The molecule has 28 heavy (non-hydrogen) atoms. The fraction of sp³-hybridized carbons (Fsp3) is 0.444. The van der Waals surface area contributed by atoms with Gasteiger partial charge in [0, 0.05) is 13.5 Å².